The van der Waals surface area contributed by atoms with Crippen molar-refractivity contribution >= 4 is 38.7 Å². The summed E-state index contributed by atoms with van der Waals surface area (Å²) in [5.41, 5.74) is 3.29. The summed E-state index contributed by atoms with van der Waals surface area (Å²) in [5.74, 6) is 1.99. The zero-order valence-electron chi connectivity index (χ0n) is 20.4. The number of piperidine rings is 1. The maximum Gasteiger partial charge on any atom is 0.276 e. The van der Waals surface area contributed by atoms with Crippen LogP contribution in [0.25, 0.3) is 21.6 Å². The second kappa shape index (κ2) is 10.6. The van der Waals surface area contributed by atoms with Crippen LogP contribution in [0.15, 0.2) is 40.9 Å². The Kier molecular flexibility index (Phi) is 7.31. The molecule has 0 saturated carbocycles. The first-order valence-electron chi connectivity index (χ1n) is 12.0. The Balaban J connectivity index is 1.21. The van der Waals surface area contributed by atoms with Crippen LogP contribution < -0.4 is 9.64 Å². The first kappa shape index (κ1) is 24.8. The predicted molar refractivity (Wildman–Crippen MR) is 139 cm³/mol. The Morgan fingerprint density at radius 1 is 1.11 bits per heavy atom. The highest BCUT2D eigenvalue weighted by molar-refractivity contribution is 7.78. The molecule has 1 saturated heterocycles. The molecular weight excluding hydrogens is 498 g/mol. The topological polar surface area (TPSA) is 117 Å². The molecule has 0 aliphatic carbocycles. The van der Waals surface area contributed by atoms with Gasteiger partial charge in [0.15, 0.2) is 0 Å². The lowest BCUT2D eigenvalue weighted by molar-refractivity contribution is 0.132. The first-order chi connectivity index (χ1) is 17.4. The van der Waals surface area contributed by atoms with E-state index in [-0.39, 0.29) is 17.8 Å². The van der Waals surface area contributed by atoms with Crippen LogP contribution in [-0.2, 0) is 16.8 Å². The fraction of sp³-hybridized carbons (Fsp3) is 0.440. The van der Waals surface area contributed by atoms with Crippen molar-refractivity contribution < 1.29 is 18.0 Å². The number of pyridine rings is 1. The molecular formula is C25H28N5O4S2-. The molecule has 36 heavy (non-hydrogen) atoms. The van der Waals surface area contributed by atoms with Gasteiger partial charge in [-0.2, -0.15) is 4.98 Å². The van der Waals surface area contributed by atoms with Crippen molar-refractivity contribution in [3.05, 3.63) is 47.9 Å². The maximum atomic E-state index is 10.9. The van der Waals surface area contributed by atoms with Gasteiger partial charge in [0.1, 0.15) is 16.5 Å². The Hall–Kier alpha value is -2.89. The van der Waals surface area contributed by atoms with E-state index in [1.165, 1.54) is 11.3 Å². The quantitative estimate of drug-likeness (QED) is 0.295. The molecule has 1 aliphatic rings. The molecule has 2 unspecified atom stereocenters. The molecule has 0 amide bonds. The van der Waals surface area contributed by atoms with Crippen LogP contribution in [0.2, 0.25) is 0 Å². The highest BCUT2D eigenvalue weighted by Gasteiger charge is 2.28. The van der Waals surface area contributed by atoms with Gasteiger partial charge in [0.25, 0.3) is 11.1 Å². The van der Waals surface area contributed by atoms with E-state index in [0.717, 1.165) is 53.1 Å². The minimum absolute atomic E-state index is 0.00959. The summed E-state index contributed by atoms with van der Waals surface area (Å²) in [7, 11) is 0. The van der Waals surface area contributed by atoms with Gasteiger partial charge in [-0.3, -0.25) is 4.21 Å². The molecule has 1 fully saturated rings. The van der Waals surface area contributed by atoms with Crippen molar-refractivity contribution in [1.82, 2.24) is 20.1 Å². The molecule has 0 radical (unpaired) electrons. The zero-order chi connectivity index (χ0) is 25.2. The third-order valence-corrected chi connectivity index (χ3v) is 7.89. The van der Waals surface area contributed by atoms with E-state index in [1.807, 2.05) is 50.2 Å². The van der Waals surface area contributed by atoms with E-state index in [2.05, 4.69) is 26.9 Å². The lowest BCUT2D eigenvalue weighted by Crippen LogP contribution is -2.39. The van der Waals surface area contributed by atoms with Gasteiger partial charge >= 0.3 is 0 Å². The van der Waals surface area contributed by atoms with E-state index in [9.17, 15) is 8.76 Å². The number of hydrogen-bond donors (Lipinski definition) is 0. The highest BCUT2D eigenvalue weighted by atomic mass is 32.2. The van der Waals surface area contributed by atoms with Crippen LogP contribution in [0.4, 0.5) is 5.95 Å². The summed E-state index contributed by atoms with van der Waals surface area (Å²) in [6.45, 7) is 7.92. The van der Waals surface area contributed by atoms with Crippen LogP contribution in [0.3, 0.4) is 0 Å². The van der Waals surface area contributed by atoms with Gasteiger partial charge in [-0.1, -0.05) is 60.5 Å². The van der Waals surface area contributed by atoms with Crippen LogP contribution in [-0.4, -0.2) is 48.1 Å². The molecule has 11 heteroatoms. The third-order valence-electron chi connectivity index (χ3n) is 6.47. The molecule has 0 N–H and O–H groups in total. The van der Waals surface area contributed by atoms with Crippen LogP contribution in [0, 0.1) is 5.92 Å². The fourth-order valence-corrected chi connectivity index (χ4v) is 5.67. The van der Waals surface area contributed by atoms with E-state index in [4.69, 9.17) is 14.2 Å². The molecule has 0 spiro atoms. The van der Waals surface area contributed by atoms with Gasteiger partial charge < -0.3 is 18.7 Å². The summed E-state index contributed by atoms with van der Waals surface area (Å²) >= 11 is -0.656. The number of rotatable bonds is 8. The van der Waals surface area contributed by atoms with Gasteiger partial charge in [-0.25, -0.2) is 9.97 Å². The predicted octanol–water partition coefficient (Wildman–Crippen LogP) is 4.93. The second-order valence-electron chi connectivity index (χ2n) is 9.38. The number of aromatic nitrogens is 4. The number of thiazole rings is 1. The molecule has 190 valence electrons. The number of hydrogen-bond acceptors (Lipinski definition) is 10. The van der Waals surface area contributed by atoms with Crippen molar-refractivity contribution in [2.24, 2.45) is 5.92 Å². The number of nitrogens with zero attached hydrogens (tertiary/aromatic N) is 5. The Bertz CT molecular complexity index is 1350. The van der Waals surface area contributed by atoms with E-state index < -0.39 is 11.1 Å². The van der Waals surface area contributed by atoms with E-state index in [0.29, 0.717) is 23.0 Å². The minimum atomic E-state index is -2.10. The van der Waals surface area contributed by atoms with Gasteiger partial charge in [-0.15, -0.1) is 0 Å². The van der Waals surface area contributed by atoms with Crippen molar-refractivity contribution in [2.75, 3.05) is 18.0 Å². The van der Waals surface area contributed by atoms with Crippen LogP contribution in [0.1, 0.15) is 51.0 Å². The standard InChI is InChI=1S/C25H29N5O4S2/c1-15(2)22-28-24(29-34-22)30-12-10-18(11-13-30)16(3)33-25-27-21-9-8-20(26-23(21)35-25)19-6-4-17(5-7-19)14-36(31)32/h4-9,15-16,18H,10-14H2,1-3H3,(H,31,32)/p-1. The molecule has 1 aromatic carbocycles. The first-order valence-corrected chi connectivity index (χ1v) is 14.1. The van der Waals surface area contributed by atoms with E-state index in [1.54, 1.807) is 0 Å². The smallest absolute Gasteiger partial charge is 0.276 e. The largest absolute Gasteiger partial charge is 0.772 e. The Morgan fingerprint density at radius 2 is 1.86 bits per heavy atom. The monoisotopic (exact) mass is 526 g/mol. The Morgan fingerprint density at radius 3 is 2.53 bits per heavy atom. The summed E-state index contributed by atoms with van der Waals surface area (Å²) < 4.78 is 33.4. The average Bonchev–Trinajstić information content (AvgIpc) is 3.51. The number of anilines is 1. The van der Waals surface area contributed by atoms with Gasteiger partial charge in [-0.05, 0) is 48.5 Å². The van der Waals surface area contributed by atoms with Crippen molar-refractivity contribution in [3.8, 4) is 16.5 Å². The maximum absolute atomic E-state index is 10.9. The molecule has 4 aromatic rings. The summed E-state index contributed by atoms with van der Waals surface area (Å²) in [6, 6.07) is 11.3. The second-order valence-corrected chi connectivity index (χ2v) is 11.2. The molecule has 4 heterocycles. The number of benzene rings is 1. The zero-order valence-corrected chi connectivity index (χ0v) is 22.1. The summed E-state index contributed by atoms with van der Waals surface area (Å²) in [5, 5.41) is 4.76. The van der Waals surface area contributed by atoms with Gasteiger partial charge in [0.2, 0.25) is 5.89 Å². The van der Waals surface area contributed by atoms with E-state index >= 15 is 0 Å². The SMILES string of the molecule is CC(C)c1nc(N2CCC(C(C)Oc3nc4ccc(-c5ccc(CS(=O)[O-])cc5)nc4s3)CC2)no1. The molecule has 3 aromatic heterocycles. The summed E-state index contributed by atoms with van der Waals surface area (Å²) in [6.07, 6.45) is 1.99. The lowest BCUT2D eigenvalue weighted by Gasteiger charge is -2.33. The Labute approximate surface area is 216 Å². The summed E-state index contributed by atoms with van der Waals surface area (Å²) in [4.78, 5) is 16.9. The normalized spacial score (nSPS) is 16.5. The van der Waals surface area contributed by atoms with Gasteiger partial charge in [0.05, 0.1) is 5.69 Å². The fourth-order valence-electron chi connectivity index (χ4n) is 4.33. The van der Waals surface area contributed by atoms with Gasteiger partial charge in [0, 0.05) is 30.3 Å². The third kappa shape index (κ3) is 5.58. The number of fused-ring (bicyclic) bond motifs is 1. The molecule has 0 bridgehead atoms. The molecule has 9 nitrogen and oxygen atoms in total. The van der Waals surface area contributed by atoms with Crippen molar-refractivity contribution in [2.45, 2.75) is 51.4 Å². The molecule has 1 aliphatic heterocycles. The number of ether oxygens (including phenoxy) is 1. The van der Waals surface area contributed by atoms with Crippen molar-refractivity contribution in [3.63, 3.8) is 0 Å². The highest BCUT2D eigenvalue weighted by Crippen LogP contribution is 2.32. The lowest BCUT2D eigenvalue weighted by atomic mass is 9.92. The van der Waals surface area contributed by atoms with Crippen molar-refractivity contribution in [1.29, 1.82) is 0 Å². The van der Waals surface area contributed by atoms with Crippen LogP contribution in [0.5, 0.6) is 5.19 Å². The minimum Gasteiger partial charge on any atom is -0.772 e. The van der Waals surface area contributed by atoms with Crippen LogP contribution >= 0.6 is 11.3 Å². The molecule has 2 atom stereocenters. The average molecular weight is 527 g/mol. The molecule has 5 rings (SSSR count).